The third-order valence-electron chi connectivity index (χ3n) is 6.76. The maximum Gasteiger partial charge on any atom is 0.254 e. The second-order valence-corrected chi connectivity index (χ2v) is 10.2. The Morgan fingerprint density at radius 3 is 2.42 bits per heavy atom. The van der Waals surface area contributed by atoms with E-state index >= 15 is 0 Å². The van der Waals surface area contributed by atoms with Crippen LogP contribution >= 0.6 is 0 Å². The molecule has 0 radical (unpaired) electrons. The molecule has 2 aromatic rings. The van der Waals surface area contributed by atoms with Crippen molar-refractivity contribution >= 4 is 17.5 Å². The number of aryl methyl sites for hydroxylation is 1. The van der Waals surface area contributed by atoms with Crippen LogP contribution in [0.5, 0.6) is 0 Å². The molecule has 2 unspecified atom stereocenters. The molecule has 4 rings (SSSR count). The van der Waals surface area contributed by atoms with E-state index in [0.29, 0.717) is 5.92 Å². The van der Waals surface area contributed by atoms with Gasteiger partial charge >= 0.3 is 0 Å². The molecule has 4 heteroatoms. The molecular weight excluding hydrogens is 384 g/mol. The quantitative estimate of drug-likeness (QED) is 0.706. The second-order valence-electron chi connectivity index (χ2n) is 10.2. The molecule has 2 amide bonds. The lowest BCUT2D eigenvalue weighted by Crippen LogP contribution is -2.53. The number of nitrogens with zero attached hydrogens (tertiary/aromatic N) is 1. The predicted octanol–water partition coefficient (Wildman–Crippen LogP) is 5.56. The zero-order valence-corrected chi connectivity index (χ0v) is 19.2. The van der Waals surface area contributed by atoms with Crippen molar-refractivity contribution in [3.05, 3.63) is 65.2 Å². The predicted molar refractivity (Wildman–Crippen MR) is 125 cm³/mol. The minimum absolute atomic E-state index is 0.00773. The minimum atomic E-state index is -0.160. The fourth-order valence-electron chi connectivity index (χ4n) is 4.83. The molecule has 1 aliphatic carbocycles. The van der Waals surface area contributed by atoms with Crippen molar-refractivity contribution in [1.29, 1.82) is 0 Å². The SMILES string of the molecule is Cc1ccccc1C(=O)N1CCCC(C(=O)Nc2cccc(C(C)(C)C)c2)C1C1CC1. The number of nitrogens with one attached hydrogen (secondary N) is 1. The smallest absolute Gasteiger partial charge is 0.254 e. The molecule has 2 atom stereocenters. The van der Waals surface area contributed by atoms with Gasteiger partial charge in [0.05, 0.1) is 5.92 Å². The molecule has 0 aromatic heterocycles. The fourth-order valence-corrected chi connectivity index (χ4v) is 4.83. The first kappa shape index (κ1) is 21.6. The van der Waals surface area contributed by atoms with E-state index in [0.717, 1.165) is 49.0 Å². The number of piperidine rings is 1. The van der Waals surface area contributed by atoms with Crippen LogP contribution in [0, 0.1) is 18.8 Å². The molecule has 4 nitrogen and oxygen atoms in total. The number of rotatable bonds is 4. The Morgan fingerprint density at radius 2 is 1.74 bits per heavy atom. The Balaban J connectivity index is 1.56. The number of hydrogen-bond acceptors (Lipinski definition) is 2. The van der Waals surface area contributed by atoms with E-state index in [1.54, 1.807) is 0 Å². The highest BCUT2D eigenvalue weighted by atomic mass is 16.2. The molecule has 0 bridgehead atoms. The molecule has 164 valence electrons. The number of benzene rings is 2. The Kier molecular flexibility index (Phi) is 5.92. The van der Waals surface area contributed by atoms with Crippen molar-refractivity contribution in [2.75, 3.05) is 11.9 Å². The maximum atomic E-state index is 13.4. The van der Waals surface area contributed by atoms with Crippen LogP contribution < -0.4 is 5.32 Å². The van der Waals surface area contributed by atoms with Crippen LogP contribution in [0.25, 0.3) is 0 Å². The normalized spacial score (nSPS) is 21.6. The summed E-state index contributed by atoms with van der Waals surface area (Å²) < 4.78 is 0. The zero-order valence-electron chi connectivity index (χ0n) is 19.2. The lowest BCUT2D eigenvalue weighted by atomic mass is 9.84. The lowest BCUT2D eigenvalue weighted by molar-refractivity contribution is -0.123. The number of carbonyl (C=O) groups excluding carboxylic acids is 2. The van der Waals surface area contributed by atoms with E-state index in [4.69, 9.17) is 0 Å². The summed E-state index contributed by atoms with van der Waals surface area (Å²) in [4.78, 5) is 28.8. The van der Waals surface area contributed by atoms with Gasteiger partial charge < -0.3 is 10.2 Å². The zero-order chi connectivity index (χ0) is 22.2. The van der Waals surface area contributed by atoms with Crippen LogP contribution in [0.1, 0.15) is 67.9 Å². The number of anilines is 1. The Hall–Kier alpha value is -2.62. The monoisotopic (exact) mass is 418 g/mol. The number of likely N-dealkylation sites (tertiary alicyclic amines) is 1. The first-order valence-corrected chi connectivity index (χ1v) is 11.5. The Morgan fingerprint density at radius 1 is 1.00 bits per heavy atom. The van der Waals surface area contributed by atoms with E-state index in [-0.39, 0.29) is 29.2 Å². The van der Waals surface area contributed by atoms with Gasteiger partial charge in [0.15, 0.2) is 0 Å². The van der Waals surface area contributed by atoms with Gasteiger partial charge in [-0.2, -0.15) is 0 Å². The lowest BCUT2D eigenvalue weighted by Gasteiger charge is -2.41. The molecule has 1 N–H and O–H groups in total. The van der Waals surface area contributed by atoms with E-state index in [9.17, 15) is 9.59 Å². The molecule has 1 saturated carbocycles. The third-order valence-corrected chi connectivity index (χ3v) is 6.76. The van der Waals surface area contributed by atoms with Crippen LogP contribution in [0.4, 0.5) is 5.69 Å². The highest BCUT2D eigenvalue weighted by Gasteiger charge is 2.46. The molecule has 2 aliphatic rings. The molecule has 31 heavy (non-hydrogen) atoms. The molecule has 1 saturated heterocycles. The van der Waals surface area contributed by atoms with Crippen LogP contribution in [0.15, 0.2) is 48.5 Å². The largest absolute Gasteiger partial charge is 0.335 e. The van der Waals surface area contributed by atoms with Crippen LogP contribution in [0.3, 0.4) is 0 Å². The van der Waals surface area contributed by atoms with Crippen molar-refractivity contribution in [3.8, 4) is 0 Å². The van der Waals surface area contributed by atoms with Gasteiger partial charge in [0, 0.05) is 23.8 Å². The summed E-state index contributed by atoms with van der Waals surface area (Å²) in [5.41, 5.74) is 3.82. The summed E-state index contributed by atoms with van der Waals surface area (Å²) in [5, 5.41) is 3.17. The molecule has 0 spiro atoms. The van der Waals surface area contributed by atoms with Gasteiger partial charge in [-0.1, -0.05) is 51.1 Å². The molecule has 2 aromatic carbocycles. The molecule has 1 aliphatic heterocycles. The van der Waals surface area contributed by atoms with Crippen LogP contribution in [-0.4, -0.2) is 29.3 Å². The average molecular weight is 419 g/mol. The van der Waals surface area contributed by atoms with Crippen molar-refractivity contribution in [2.45, 2.75) is 64.8 Å². The van der Waals surface area contributed by atoms with Crippen molar-refractivity contribution < 1.29 is 9.59 Å². The van der Waals surface area contributed by atoms with Gasteiger partial charge in [0.1, 0.15) is 0 Å². The summed E-state index contributed by atoms with van der Waals surface area (Å²) in [7, 11) is 0. The van der Waals surface area contributed by atoms with Crippen molar-refractivity contribution in [2.24, 2.45) is 11.8 Å². The van der Waals surface area contributed by atoms with Gasteiger partial charge in [-0.15, -0.1) is 0 Å². The summed E-state index contributed by atoms with van der Waals surface area (Å²) >= 11 is 0. The molecule has 1 heterocycles. The van der Waals surface area contributed by atoms with E-state index in [1.165, 1.54) is 5.56 Å². The topological polar surface area (TPSA) is 49.4 Å². The average Bonchev–Trinajstić information content (AvgIpc) is 3.58. The van der Waals surface area contributed by atoms with E-state index in [2.05, 4.69) is 38.2 Å². The standard InChI is InChI=1S/C27H34N2O2/c1-18-9-5-6-12-22(18)26(31)29-16-8-13-23(24(29)19-14-15-19)25(30)28-21-11-7-10-20(17-21)27(2,3)4/h5-7,9-12,17,19,23-24H,8,13-16H2,1-4H3,(H,28,30). The van der Waals surface area contributed by atoms with Gasteiger partial charge in [-0.3, -0.25) is 9.59 Å². The van der Waals surface area contributed by atoms with Gasteiger partial charge in [0.25, 0.3) is 5.91 Å². The summed E-state index contributed by atoms with van der Waals surface area (Å²) in [6.45, 7) is 9.24. The minimum Gasteiger partial charge on any atom is -0.335 e. The summed E-state index contributed by atoms with van der Waals surface area (Å²) in [6, 6.07) is 15.9. The molecular formula is C27H34N2O2. The highest BCUT2D eigenvalue weighted by molar-refractivity contribution is 5.97. The number of amides is 2. The summed E-state index contributed by atoms with van der Waals surface area (Å²) in [5.74, 6) is 0.393. The van der Waals surface area contributed by atoms with Crippen LogP contribution in [0.2, 0.25) is 0 Å². The van der Waals surface area contributed by atoms with Crippen LogP contribution in [-0.2, 0) is 10.2 Å². The summed E-state index contributed by atoms with van der Waals surface area (Å²) in [6.07, 6.45) is 3.90. The highest BCUT2D eigenvalue weighted by Crippen LogP contribution is 2.43. The fraction of sp³-hybridized carbons (Fsp3) is 0.481. The Bertz CT molecular complexity index is 971. The van der Waals surface area contributed by atoms with Gasteiger partial charge in [-0.25, -0.2) is 0 Å². The van der Waals surface area contributed by atoms with Gasteiger partial charge in [0.2, 0.25) is 5.91 Å². The third kappa shape index (κ3) is 4.68. The Labute approximate surface area is 186 Å². The van der Waals surface area contributed by atoms with E-state index in [1.807, 2.05) is 48.2 Å². The van der Waals surface area contributed by atoms with Crippen molar-refractivity contribution in [1.82, 2.24) is 4.90 Å². The first-order chi connectivity index (χ1) is 14.8. The van der Waals surface area contributed by atoms with E-state index < -0.39 is 0 Å². The molecule has 2 fully saturated rings. The number of carbonyl (C=O) groups is 2. The number of hydrogen-bond donors (Lipinski definition) is 1. The van der Waals surface area contributed by atoms with Crippen molar-refractivity contribution in [3.63, 3.8) is 0 Å². The van der Waals surface area contributed by atoms with Gasteiger partial charge in [-0.05, 0) is 73.3 Å². The second kappa shape index (κ2) is 8.49. The maximum absolute atomic E-state index is 13.4. The first-order valence-electron chi connectivity index (χ1n) is 11.5.